The molecule has 0 unspecified atom stereocenters. The lowest BCUT2D eigenvalue weighted by atomic mass is 10.1. The quantitative estimate of drug-likeness (QED) is 0.521. The lowest BCUT2D eigenvalue weighted by Gasteiger charge is -2.12. The van der Waals surface area contributed by atoms with Gasteiger partial charge in [0.05, 0.1) is 7.11 Å². The summed E-state index contributed by atoms with van der Waals surface area (Å²) < 4.78 is 16.3. The van der Waals surface area contributed by atoms with Crippen LogP contribution in [0.1, 0.15) is 28.4 Å². The molecular weight excluding hydrogens is 320 g/mol. The third-order valence-corrected chi connectivity index (χ3v) is 4.00. The van der Waals surface area contributed by atoms with Gasteiger partial charge in [0.2, 0.25) is 0 Å². The van der Waals surface area contributed by atoms with E-state index in [-0.39, 0.29) is 12.4 Å². The standard InChI is InChI=1S/C20H18O5/c1-12-8-20(22)25-19-10-16(5-6-17(12)19)24-11-15-9-14(13(2)21)4-7-18(15)23-3/h4-10H,11H2,1-3H3. The largest absolute Gasteiger partial charge is 0.496 e. The number of methoxy groups -OCH3 is 1. The summed E-state index contributed by atoms with van der Waals surface area (Å²) in [6.45, 7) is 3.60. The summed E-state index contributed by atoms with van der Waals surface area (Å²) in [6.07, 6.45) is 0. The number of hydrogen-bond acceptors (Lipinski definition) is 5. The predicted octanol–water partition coefficient (Wildman–Crippen LogP) is 3.89. The topological polar surface area (TPSA) is 65.7 Å². The van der Waals surface area contributed by atoms with E-state index in [9.17, 15) is 9.59 Å². The highest BCUT2D eigenvalue weighted by Gasteiger charge is 2.09. The van der Waals surface area contributed by atoms with Crippen molar-refractivity contribution in [1.29, 1.82) is 0 Å². The maximum atomic E-state index is 11.6. The van der Waals surface area contributed by atoms with Crippen LogP contribution in [0.15, 0.2) is 51.7 Å². The van der Waals surface area contributed by atoms with Gasteiger partial charge in [-0.3, -0.25) is 4.79 Å². The second-order valence-corrected chi connectivity index (χ2v) is 5.78. The van der Waals surface area contributed by atoms with Crippen molar-refractivity contribution >= 4 is 16.8 Å². The number of aryl methyl sites for hydroxylation is 1. The molecule has 0 bridgehead atoms. The van der Waals surface area contributed by atoms with Crippen molar-refractivity contribution in [2.75, 3.05) is 7.11 Å². The Morgan fingerprint density at radius 3 is 2.64 bits per heavy atom. The molecule has 5 nitrogen and oxygen atoms in total. The van der Waals surface area contributed by atoms with Crippen LogP contribution in [0.25, 0.3) is 11.0 Å². The van der Waals surface area contributed by atoms with Gasteiger partial charge in [-0.2, -0.15) is 0 Å². The summed E-state index contributed by atoms with van der Waals surface area (Å²) in [6, 6.07) is 12.0. The number of Topliss-reactive ketones (excluding diaryl/α,β-unsaturated/α-hetero) is 1. The Kier molecular flexibility index (Phi) is 4.57. The van der Waals surface area contributed by atoms with Crippen molar-refractivity contribution < 1.29 is 18.7 Å². The molecule has 25 heavy (non-hydrogen) atoms. The first kappa shape index (κ1) is 16.8. The molecule has 0 spiro atoms. The van der Waals surface area contributed by atoms with Crippen LogP contribution < -0.4 is 15.1 Å². The molecule has 0 aliphatic rings. The first-order valence-electron chi connectivity index (χ1n) is 7.83. The lowest BCUT2D eigenvalue weighted by Crippen LogP contribution is -2.02. The Hall–Kier alpha value is -3.08. The maximum absolute atomic E-state index is 11.6. The van der Waals surface area contributed by atoms with E-state index in [1.54, 1.807) is 31.4 Å². The molecule has 2 aromatic carbocycles. The fraction of sp³-hybridized carbons (Fsp3) is 0.200. The van der Waals surface area contributed by atoms with Crippen LogP contribution in [0.2, 0.25) is 0 Å². The number of carbonyl (C=O) groups excluding carboxylic acids is 1. The first-order chi connectivity index (χ1) is 12.0. The normalized spacial score (nSPS) is 10.7. The van der Waals surface area contributed by atoms with E-state index in [4.69, 9.17) is 13.9 Å². The van der Waals surface area contributed by atoms with Gasteiger partial charge >= 0.3 is 5.63 Å². The highest BCUT2D eigenvalue weighted by molar-refractivity contribution is 5.94. The van der Waals surface area contributed by atoms with Crippen LogP contribution in [0.4, 0.5) is 0 Å². The molecular formula is C20H18O5. The van der Waals surface area contributed by atoms with Gasteiger partial charge in [-0.25, -0.2) is 4.79 Å². The monoisotopic (exact) mass is 338 g/mol. The van der Waals surface area contributed by atoms with Gasteiger partial charge in [0.25, 0.3) is 0 Å². The third kappa shape index (κ3) is 3.55. The summed E-state index contributed by atoms with van der Waals surface area (Å²) in [5.41, 5.74) is 2.30. The second-order valence-electron chi connectivity index (χ2n) is 5.78. The van der Waals surface area contributed by atoms with Crippen molar-refractivity contribution in [2.45, 2.75) is 20.5 Å². The third-order valence-electron chi connectivity index (χ3n) is 4.00. The van der Waals surface area contributed by atoms with Gasteiger partial charge < -0.3 is 13.9 Å². The van der Waals surface area contributed by atoms with Crippen molar-refractivity contribution in [3.63, 3.8) is 0 Å². The number of rotatable bonds is 5. The van der Waals surface area contributed by atoms with Crippen molar-refractivity contribution in [3.8, 4) is 11.5 Å². The van der Waals surface area contributed by atoms with Crippen LogP contribution in [0.3, 0.4) is 0 Å². The summed E-state index contributed by atoms with van der Waals surface area (Å²) in [5, 5.41) is 0.864. The Labute approximate surface area is 144 Å². The number of ketones is 1. The van der Waals surface area contributed by atoms with Crippen molar-refractivity contribution in [2.24, 2.45) is 0 Å². The SMILES string of the molecule is COc1ccc(C(C)=O)cc1COc1ccc2c(C)cc(=O)oc2c1. The number of benzene rings is 2. The molecule has 0 saturated heterocycles. The minimum absolute atomic E-state index is 0.0214. The summed E-state index contributed by atoms with van der Waals surface area (Å²) in [7, 11) is 1.57. The molecule has 0 aliphatic carbocycles. The zero-order valence-corrected chi connectivity index (χ0v) is 14.3. The summed E-state index contributed by atoms with van der Waals surface area (Å²) >= 11 is 0. The van der Waals surface area contributed by atoms with E-state index < -0.39 is 5.63 Å². The molecule has 0 atom stereocenters. The number of ether oxygens (including phenoxy) is 2. The first-order valence-corrected chi connectivity index (χ1v) is 7.83. The lowest BCUT2D eigenvalue weighted by molar-refractivity contribution is 0.101. The molecule has 0 N–H and O–H groups in total. The Bertz CT molecular complexity index is 1000. The minimum Gasteiger partial charge on any atom is -0.496 e. The molecule has 5 heteroatoms. The molecule has 3 rings (SSSR count). The molecule has 0 radical (unpaired) electrons. The number of hydrogen-bond donors (Lipinski definition) is 0. The highest BCUT2D eigenvalue weighted by atomic mass is 16.5. The smallest absolute Gasteiger partial charge is 0.336 e. The van der Waals surface area contributed by atoms with Gasteiger partial charge in [-0.1, -0.05) is 0 Å². The van der Waals surface area contributed by atoms with E-state index >= 15 is 0 Å². The van der Waals surface area contributed by atoms with E-state index in [1.807, 2.05) is 19.1 Å². The predicted molar refractivity (Wildman–Crippen MR) is 94.6 cm³/mol. The van der Waals surface area contributed by atoms with E-state index in [0.717, 1.165) is 16.5 Å². The van der Waals surface area contributed by atoms with Crippen LogP contribution >= 0.6 is 0 Å². The van der Waals surface area contributed by atoms with E-state index in [2.05, 4.69) is 0 Å². The van der Waals surface area contributed by atoms with Crippen molar-refractivity contribution in [3.05, 3.63) is 69.6 Å². The Morgan fingerprint density at radius 1 is 1.12 bits per heavy atom. The molecule has 0 fully saturated rings. The second kappa shape index (κ2) is 6.81. The van der Waals surface area contributed by atoms with Crippen LogP contribution in [-0.2, 0) is 6.61 Å². The van der Waals surface area contributed by atoms with Crippen LogP contribution in [0.5, 0.6) is 11.5 Å². The summed E-state index contributed by atoms with van der Waals surface area (Å²) in [5.74, 6) is 1.19. The zero-order chi connectivity index (χ0) is 18.0. The van der Waals surface area contributed by atoms with Gasteiger partial charge in [-0.15, -0.1) is 0 Å². The van der Waals surface area contributed by atoms with Crippen molar-refractivity contribution in [1.82, 2.24) is 0 Å². The van der Waals surface area contributed by atoms with Gasteiger partial charge in [0, 0.05) is 28.6 Å². The maximum Gasteiger partial charge on any atom is 0.336 e. The molecule has 0 aliphatic heterocycles. The molecule has 128 valence electrons. The zero-order valence-electron chi connectivity index (χ0n) is 14.3. The van der Waals surface area contributed by atoms with Gasteiger partial charge in [-0.05, 0) is 49.7 Å². The Morgan fingerprint density at radius 2 is 1.92 bits per heavy atom. The molecule has 1 heterocycles. The van der Waals surface area contributed by atoms with E-state index in [0.29, 0.717) is 22.6 Å². The summed E-state index contributed by atoms with van der Waals surface area (Å²) in [4.78, 5) is 23.1. The van der Waals surface area contributed by atoms with Crippen LogP contribution in [0, 0.1) is 6.92 Å². The van der Waals surface area contributed by atoms with Gasteiger partial charge in [0.15, 0.2) is 5.78 Å². The molecule has 1 aromatic heterocycles. The number of fused-ring (bicyclic) bond motifs is 1. The average Bonchev–Trinajstić information content (AvgIpc) is 2.59. The average molecular weight is 338 g/mol. The molecule has 0 amide bonds. The van der Waals surface area contributed by atoms with E-state index in [1.165, 1.54) is 13.0 Å². The fourth-order valence-electron chi connectivity index (χ4n) is 2.67. The Balaban J connectivity index is 1.88. The molecule has 0 saturated carbocycles. The minimum atomic E-state index is -0.391. The molecule has 3 aromatic rings. The fourth-order valence-corrected chi connectivity index (χ4v) is 2.67. The van der Waals surface area contributed by atoms with Crippen LogP contribution in [-0.4, -0.2) is 12.9 Å². The highest BCUT2D eigenvalue weighted by Crippen LogP contribution is 2.25. The number of carbonyl (C=O) groups is 1. The van der Waals surface area contributed by atoms with Gasteiger partial charge in [0.1, 0.15) is 23.7 Å².